The molecule has 0 bridgehead atoms. The molecule has 0 aromatic heterocycles. The highest BCUT2D eigenvalue weighted by molar-refractivity contribution is 6.30. The Bertz CT molecular complexity index is 426. The third-order valence-corrected chi connectivity index (χ3v) is 2.66. The molecule has 1 aromatic rings. The lowest BCUT2D eigenvalue weighted by Crippen LogP contribution is -2.33. The second-order valence-corrected chi connectivity index (χ2v) is 4.22. The van der Waals surface area contributed by atoms with Crippen molar-refractivity contribution in [2.45, 2.75) is 32.2 Å². The van der Waals surface area contributed by atoms with Crippen LogP contribution >= 0.6 is 11.6 Å². The largest absolute Gasteiger partial charge is 0.340 e. The number of carbonyl (C=O) groups excluding carboxylic acids is 1. The Balaban J connectivity index is 2.41. The normalized spacial score (nSPS) is 11.6. The molecular formula is C13H15ClN2O. The van der Waals surface area contributed by atoms with Gasteiger partial charge < -0.3 is 5.32 Å². The maximum Gasteiger partial charge on any atom is 0.221 e. The van der Waals surface area contributed by atoms with Crippen molar-refractivity contribution in [2.24, 2.45) is 0 Å². The molecular weight excluding hydrogens is 236 g/mol. The predicted molar refractivity (Wildman–Crippen MR) is 67.6 cm³/mol. The Morgan fingerprint density at radius 2 is 2.35 bits per heavy atom. The molecule has 0 heterocycles. The van der Waals surface area contributed by atoms with Gasteiger partial charge in [0, 0.05) is 11.4 Å². The summed E-state index contributed by atoms with van der Waals surface area (Å²) in [5.74, 6) is -0.0987. The number of nitriles is 1. The van der Waals surface area contributed by atoms with E-state index in [0.29, 0.717) is 24.3 Å². The van der Waals surface area contributed by atoms with Crippen LogP contribution in [0.25, 0.3) is 0 Å². The number of nitrogens with one attached hydrogen (secondary N) is 1. The van der Waals surface area contributed by atoms with Crippen molar-refractivity contribution in [3.8, 4) is 6.07 Å². The fourth-order valence-corrected chi connectivity index (χ4v) is 1.66. The molecule has 1 atom stereocenters. The highest BCUT2D eigenvalue weighted by Crippen LogP contribution is 2.12. The van der Waals surface area contributed by atoms with Gasteiger partial charge in [-0.3, -0.25) is 4.79 Å². The van der Waals surface area contributed by atoms with Crippen LogP contribution in [0.3, 0.4) is 0 Å². The van der Waals surface area contributed by atoms with E-state index in [1.165, 1.54) is 0 Å². The lowest BCUT2D eigenvalue weighted by Gasteiger charge is -2.08. The van der Waals surface area contributed by atoms with Crippen molar-refractivity contribution in [3.63, 3.8) is 0 Å². The van der Waals surface area contributed by atoms with Gasteiger partial charge in [0.05, 0.1) is 6.07 Å². The van der Waals surface area contributed by atoms with Crippen molar-refractivity contribution in [2.75, 3.05) is 0 Å². The molecule has 4 heteroatoms. The van der Waals surface area contributed by atoms with Gasteiger partial charge in [-0.15, -0.1) is 0 Å². The smallest absolute Gasteiger partial charge is 0.221 e. The van der Waals surface area contributed by atoms with Gasteiger partial charge in [0.1, 0.15) is 6.04 Å². The number of aryl methyl sites for hydroxylation is 1. The fraction of sp³-hybridized carbons (Fsp3) is 0.385. The summed E-state index contributed by atoms with van der Waals surface area (Å²) >= 11 is 5.85. The van der Waals surface area contributed by atoms with Crippen molar-refractivity contribution in [1.82, 2.24) is 5.32 Å². The first kappa shape index (κ1) is 13.5. The van der Waals surface area contributed by atoms with Crippen LogP contribution in [-0.2, 0) is 11.2 Å². The summed E-state index contributed by atoms with van der Waals surface area (Å²) in [5, 5.41) is 12.1. The fourth-order valence-electron chi connectivity index (χ4n) is 1.44. The Morgan fingerprint density at radius 1 is 1.59 bits per heavy atom. The van der Waals surface area contributed by atoms with Crippen LogP contribution in [0.5, 0.6) is 0 Å². The van der Waals surface area contributed by atoms with Crippen LogP contribution in [0.15, 0.2) is 24.3 Å². The number of hydrogen-bond acceptors (Lipinski definition) is 2. The van der Waals surface area contributed by atoms with E-state index in [4.69, 9.17) is 16.9 Å². The van der Waals surface area contributed by atoms with Crippen molar-refractivity contribution < 1.29 is 4.79 Å². The molecule has 1 unspecified atom stereocenters. The van der Waals surface area contributed by atoms with Gasteiger partial charge in [0.2, 0.25) is 5.91 Å². The molecule has 1 amide bonds. The Morgan fingerprint density at radius 3 is 2.94 bits per heavy atom. The molecule has 90 valence electrons. The number of carbonyl (C=O) groups is 1. The summed E-state index contributed by atoms with van der Waals surface area (Å²) in [5.41, 5.74) is 1.03. The number of benzene rings is 1. The zero-order valence-electron chi connectivity index (χ0n) is 9.74. The minimum Gasteiger partial charge on any atom is -0.340 e. The van der Waals surface area contributed by atoms with Gasteiger partial charge in [-0.05, 0) is 30.5 Å². The van der Waals surface area contributed by atoms with Gasteiger partial charge >= 0.3 is 0 Å². The molecule has 3 nitrogen and oxygen atoms in total. The van der Waals surface area contributed by atoms with E-state index in [1.54, 1.807) is 6.07 Å². The van der Waals surface area contributed by atoms with E-state index in [0.717, 1.165) is 5.56 Å². The van der Waals surface area contributed by atoms with E-state index in [1.807, 2.05) is 31.2 Å². The Kier molecular flexibility index (Phi) is 5.51. The molecule has 17 heavy (non-hydrogen) atoms. The van der Waals surface area contributed by atoms with Crippen LogP contribution in [-0.4, -0.2) is 11.9 Å². The quantitative estimate of drug-likeness (QED) is 0.874. The van der Waals surface area contributed by atoms with E-state index in [-0.39, 0.29) is 11.9 Å². The minimum absolute atomic E-state index is 0.0987. The number of amides is 1. The van der Waals surface area contributed by atoms with Crippen LogP contribution in [0.2, 0.25) is 5.02 Å². The monoisotopic (exact) mass is 250 g/mol. The van der Waals surface area contributed by atoms with E-state index < -0.39 is 0 Å². The predicted octanol–water partition coefficient (Wildman–Crippen LogP) is 2.69. The second-order valence-electron chi connectivity index (χ2n) is 3.79. The van der Waals surface area contributed by atoms with Crippen LogP contribution < -0.4 is 5.32 Å². The lowest BCUT2D eigenvalue weighted by atomic mass is 10.1. The van der Waals surface area contributed by atoms with Gasteiger partial charge in [-0.1, -0.05) is 30.7 Å². The molecule has 0 saturated heterocycles. The van der Waals surface area contributed by atoms with Gasteiger partial charge in [-0.2, -0.15) is 5.26 Å². The minimum atomic E-state index is -0.387. The zero-order valence-corrected chi connectivity index (χ0v) is 10.5. The molecule has 0 aliphatic heterocycles. The standard InChI is InChI=1S/C13H15ClN2O/c1-2-12(9-15)16-13(17)7-6-10-4-3-5-11(14)8-10/h3-5,8,12H,2,6-7H2,1H3,(H,16,17). The van der Waals surface area contributed by atoms with Gasteiger partial charge in [0.25, 0.3) is 0 Å². The summed E-state index contributed by atoms with van der Waals surface area (Å²) in [6.45, 7) is 1.87. The first-order chi connectivity index (χ1) is 8.15. The maximum absolute atomic E-state index is 11.5. The highest BCUT2D eigenvalue weighted by Gasteiger charge is 2.08. The third kappa shape index (κ3) is 4.88. The number of rotatable bonds is 5. The van der Waals surface area contributed by atoms with E-state index in [2.05, 4.69) is 5.32 Å². The lowest BCUT2D eigenvalue weighted by molar-refractivity contribution is -0.121. The van der Waals surface area contributed by atoms with Gasteiger partial charge in [0.15, 0.2) is 0 Å². The van der Waals surface area contributed by atoms with Crippen LogP contribution in [0, 0.1) is 11.3 Å². The molecule has 0 aliphatic rings. The first-order valence-corrected chi connectivity index (χ1v) is 5.97. The maximum atomic E-state index is 11.5. The summed E-state index contributed by atoms with van der Waals surface area (Å²) in [6.07, 6.45) is 1.63. The van der Waals surface area contributed by atoms with Crippen molar-refractivity contribution in [1.29, 1.82) is 5.26 Å². The van der Waals surface area contributed by atoms with Crippen LogP contribution in [0.1, 0.15) is 25.3 Å². The Hall–Kier alpha value is -1.53. The van der Waals surface area contributed by atoms with Crippen molar-refractivity contribution >= 4 is 17.5 Å². The average Bonchev–Trinajstić information content (AvgIpc) is 2.33. The summed E-state index contributed by atoms with van der Waals surface area (Å²) in [4.78, 5) is 11.5. The van der Waals surface area contributed by atoms with Crippen LogP contribution in [0.4, 0.5) is 0 Å². The first-order valence-electron chi connectivity index (χ1n) is 5.59. The summed E-state index contributed by atoms with van der Waals surface area (Å²) < 4.78 is 0. The molecule has 0 saturated carbocycles. The molecule has 0 spiro atoms. The summed E-state index contributed by atoms with van der Waals surface area (Å²) in [6, 6.07) is 9.09. The topological polar surface area (TPSA) is 52.9 Å². The second kappa shape index (κ2) is 6.93. The average molecular weight is 251 g/mol. The number of halogens is 1. The molecule has 0 aliphatic carbocycles. The highest BCUT2D eigenvalue weighted by atomic mass is 35.5. The molecule has 0 fully saturated rings. The molecule has 0 radical (unpaired) electrons. The van der Waals surface area contributed by atoms with Gasteiger partial charge in [-0.25, -0.2) is 0 Å². The summed E-state index contributed by atoms with van der Waals surface area (Å²) in [7, 11) is 0. The number of hydrogen-bond donors (Lipinski definition) is 1. The molecule has 1 aromatic carbocycles. The third-order valence-electron chi connectivity index (χ3n) is 2.43. The van der Waals surface area contributed by atoms with E-state index in [9.17, 15) is 4.79 Å². The van der Waals surface area contributed by atoms with Crippen molar-refractivity contribution in [3.05, 3.63) is 34.9 Å². The molecule has 1 N–H and O–H groups in total. The zero-order chi connectivity index (χ0) is 12.7. The number of nitrogens with zero attached hydrogens (tertiary/aromatic N) is 1. The van der Waals surface area contributed by atoms with E-state index >= 15 is 0 Å². The SMILES string of the molecule is CCC(C#N)NC(=O)CCc1cccc(Cl)c1. The molecule has 1 rings (SSSR count). The Labute approximate surface area is 106 Å².